The maximum absolute atomic E-state index is 12.5. The fourth-order valence-corrected chi connectivity index (χ4v) is 3.73. The number of ether oxygens (including phenoxy) is 1. The van der Waals surface area contributed by atoms with Crippen LogP contribution in [-0.4, -0.2) is 18.0 Å². The van der Waals surface area contributed by atoms with Crippen LogP contribution in [0.25, 0.3) is 22.6 Å². The molecule has 0 saturated carbocycles. The molecule has 1 aromatic heterocycles. The van der Waals surface area contributed by atoms with Crippen LogP contribution in [0.1, 0.15) is 10.4 Å². The number of nitrogens with one attached hydrogen (secondary N) is 1. The van der Waals surface area contributed by atoms with Crippen molar-refractivity contribution in [2.75, 3.05) is 12.4 Å². The van der Waals surface area contributed by atoms with Gasteiger partial charge < -0.3 is 14.5 Å². The van der Waals surface area contributed by atoms with Crippen molar-refractivity contribution in [2.45, 2.75) is 0 Å². The average molecular weight is 492 g/mol. The van der Waals surface area contributed by atoms with Crippen molar-refractivity contribution >= 4 is 61.8 Å². The molecule has 4 rings (SSSR count). The molecule has 0 spiro atoms. The van der Waals surface area contributed by atoms with E-state index in [0.717, 1.165) is 15.8 Å². The van der Waals surface area contributed by atoms with Crippen molar-refractivity contribution in [1.29, 1.82) is 0 Å². The molecule has 0 fully saturated rings. The Morgan fingerprint density at radius 3 is 2.72 bits per heavy atom. The van der Waals surface area contributed by atoms with Crippen LogP contribution in [0, 0.1) is 0 Å². The van der Waals surface area contributed by atoms with Crippen LogP contribution in [0.4, 0.5) is 5.69 Å². The lowest BCUT2D eigenvalue weighted by Crippen LogP contribution is -2.12. The average Bonchev–Trinajstić information content (AvgIpc) is 3.13. The topological polar surface area (TPSA) is 64.4 Å². The Morgan fingerprint density at radius 2 is 1.97 bits per heavy atom. The Balaban J connectivity index is 1.62. The summed E-state index contributed by atoms with van der Waals surface area (Å²) in [5, 5.41) is 3.33. The van der Waals surface area contributed by atoms with E-state index in [-0.39, 0.29) is 10.9 Å². The van der Waals surface area contributed by atoms with Crippen molar-refractivity contribution in [3.05, 3.63) is 74.7 Å². The molecule has 0 aliphatic rings. The molecule has 1 amide bonds. The van der Waals surface area contributed by atoms with Crippen LogP contribution in [0.2, 0.25) is 10.0 Å². The van der Waals surface area contributed by atoms with E-state index in [2.05, 4.69) is 26.2 Å². The number of carbonyl (C=O) groups is 1. The van der Waals surface area contributed by atoms with E-state index in [1.54, 1.807) is 43.5 Å². The molecule has 1 N–H and O–H groups in total. The third kappa shape index (κ3) is 3.96. The summed E-state index contributed by atoms with van der Waals surface area (Å²) in [4.78, 5) is 17.1. The number of halogens is 3. The normalized spacial score (nSPS) is 10.9. The molecular weight excluding hydrogens is 479 g/mol. The van der Waals surface area contributed by atoms with E-state index in [1.165, 1.54) is 0 Å². The minimum atomic E-state index is -0.361. The third-order valence-electron chi connectivity index (χ3n) is 4.24. The van der Waals surface area contributed by atoms with Gasteiger partial charge in [-0.05, 0) is 64.5 Å². The number of oxazole rings is 1. The van der Waals surface area contributed by atoms with E-state index in [1.807, 2.05) is 18.2 Å². The molecular formula is C21H13BrCl2N2O3. The quantitative estimate of drug-likeness (QED) is 0.340. The molecule has 0 radical (unpaired) electrons. The Kier molecular flexibility index (Phi) is 5.50. The number of fused-ring (bicyclic) bond motifs is 1. The van der Waals surface area contributed by atoms with Gasteiger partial charge in [-0.25, -0.2) is 4.98 Å². The van der Waals surface area contributed by atoms with Gasteiger partial charge in [0, 0.05) is 11.3 Å². The highest BCUT2D eigenvalue weighted by molar-refractivity contribution is 9.10. The Bertz CT molecular complexity index is 1240. The molecule has 0 bridgehead atoms. The molecule has 0 aliphatic heterocycles. The Morgan fingerprint density at radius 1 is 1.14 bits per heavy atom. The summed E-state index contributed by atoms with van der Waals surface area (Å²) in [7, 11) is 1.60. The first kappa shape index (κ1) is 19.8. The van der Waals surface area contributed by atoms with Crippen LogP contribution < -0.4 is 10.1 Å². The van der Waals surface area contributed by atoms with E-state index in [9.17, 15) is 4.79 Å². The smallest absolute Gasteiger partial charge is 0.257 e. The largest absolute Gasteiger partial charge is 0.496 e. The van der Waals surface area contributed by atoms with Gasteiger partial charge in [-0.15, -0.1) is 0 Å². The molecule has 0 aliphatic carbocycles. The summed E-state index contributed by atoms with van der Waals surface area (Å²) in [6.45, 7) is 0. The van der Waals surface area contributed by atoms with Crippen molar-refractivity contribution in [3.8, 4) is 17.2 Å². The van der Waals surface area contributed by atoms with Crippen LogP contribution in [0.5, 0.6) is 5.75 Å². The van der Waals surface area contributed by atoms with Gasteiger partial charge in [0.05, 0.1) is 27.2 Å². The molecule has 146 valence electrons. The number of nitrogens with zero attached hydrogens (tertiary/aromatic N) is 1. The Labute approximate surface area is 184 Å². The summed E-state index contributed by atoms with van der Waals surface area (Å²) < 4.78 is 11.9. The number of methoxy groups -OCH3 is 1. The zero-order valence-electron chi connectivity index (χ0n) is 15.0. The van der Waals surface area contributed by atoms with Crippen molar-refractivity contribution in [3.63, 3.8) is 0 Å². The van der Waals surface area contributed by atoms with Gasteiger partial charge in [-0.1, -0.05) is 29.3 Å². The van der Waals surface area contributed by atoms with Gasteiger partial charge in [-0.3, -0.25) is 4.79 Å². The highest BCUT2D eigenvalue weighted by atomic mass is 79.9. The third-order valence-corrected chi connectivity index (χ3v) is 5.68. The number of aromatic nitrogens is 1. The summed E-state index contributed by atoms with van der Waals surface area (Å²) in [5.74, 6) is 0.818. The number of carbonyl (C=O) groups excluding carboxylic acids is 1. The standard InChI is InChI=1S/C21H13BrCl2N2O3/c1-28-17-7-5-11(9-14(17)22)21-26-16-10-12(6-8-18(16)29-21)25-20(27)13-3-2-4-15(23)19(13)24/h2-10H,1H3,(H,25,27). The zero-order valence-corrected chi connectivity index (χ0v) is 18.1. The molecule has 5 nitrogen and oxygen atoms in total. The summed E-state index contributed by atoms with van der Waals surface area (Å²) >= 11 is 15.6. The summed E-state index contributed by atoms with van der Waals surface area (Å²) in [6, 6.07) is 15.7. The van der Waals surface area contributed by atoms with Gasteiger partial charge >= 0.3 is 0 Å². The number of hydrogen-bond donors (Lipinski definition) is 1. The van der Waals surface area contributed by atoms with Gasteiger partial charge in [0.2, 0.25) is 5.89 Å². The number of anilines is 1. The molecule has 0 atom stereocenters. The monoisotopic (exact) mass is 490 g/mol. The number of benzene rings is 3. The maximum atomic E-state index is 12.5. The number of amides is 1. The van der Waals surface area contributed by atoms with Crippen LogP contribution in [-0.2, 0) is 0 Å². The summed E-state index contributed by atoms with van der Waals surface area (Å²) in [6.07, 6.45) is 0. The van der Waals surface area contributed by atoms with Gasteiger partial charge in [0.25, 0.3) is 5.91 Å². The lowest BCUT2D eigenvalue weighted by atomic mass is 10.2. The lowest BCUT2D eigenvalue weighted by Gasteiger charge is -2.07. The number of rotatable bonds is 4. The van der Waals surface area contributed by atoms with E-state index >= 15 is 0 Å². The molecule has 29 heavy (non-hydrogen) atoms. The predicted molar refractivity (Wildman–Crippen MR) is 118 cm³/mol. The van der Waals surface area contributed by atoms with Crippen LogP contribution in [0.15, 0.2) is 63.5 Å². The molecule has 4 aromatic rings. The highest BCUT2D eigenvalue weighted by Crippen LogP contribution is 2.32. The molecule has 0 saturated heterocycles. The van der Waals surface area contributed by atoms with E-state index in [0.29, 0.717) is 33.3 Å². The second-order valence-corrected chi connectivity index (χ2v) is 7.75. The van der Waals surface area contributed by atoms with E-state index < -0.39 is 0 Å². The highest BCUT2D eigenvalue weighted by Gasteiger charge is 2.15. The second kappa shape index (κ2) is 8.06. The molecule has 0 unspecified atom stereocenters. The summed E-state index contributed by atoms with van der Waals surface area (Å²) in [5.41, 5.74) is 2.87. The molecule has 8 heteroatoms. The zero-order chi connectivity index (χ0) is 20.5. The van der Waals surface area contributed by atoms with Crippen LogP contribution >= 0.6 is 39.1 Å². The lowest BCUT2D eigenvalue weighted by molar-refractivity contribution is 0.102. The first-order valence-electron chi connectivity index (χ1n) is 8.46. The first-order chi connectivity index (χ1) is 14.0. The molecule has 3 aromatic carbocycles. The van der Waals surface area contributed by atoms with Crippen LogP contribution in [0.3, 0.4) is 0 Å². The number of hydrogen-bond acceptors (Lipinski definition) is 4. The van der Waals surface area contributed by atoms with Crippen molar-refractivity contribution in [1.82, 2.24) is 4.98 Å². The van der Waals surface area contributed by atoms with Gasteiger partial charge in [0.15, 0.2) is 5.58 Å². The maximum Gasteiger partial charge on any atom is 0.257 e. The SMILES string of the molecule is COc1ccc(-c2nc3cc(NC(=O)c4cccc(Cl)c4Cl)ccc3o2)cc1Br. The van der Waals surface area contributed by atoms with E-state index in [4.69, 9.17) is 32.4 Å². The second-order valence-electron chi connectivity index (χ2n) is 6.11. The molecule has 1 heterocycles. The van der Waals surface area contributed by atoms with Gasteiger partial charge in [-0.2, -0.15) is 0 Å². The van der Waals surface area contributed by atoms with Gasteiger partial charge in [0.1, 0.15) is 11.3 Å². The fourth-order valence-electron chi connectivity index (χ4n) is 2.81. The minimum Gasteiger partial charge on any atom is -0.496 e. The fraction of sp³-hybridized carbons (Fsp3) is 0.0476. The van der Waals surface area contributed by atoms with Crippen molar-refractivity contribution < 1.29 is 13.9 Å². The predicted octanol–water partition coefficient (Wildman–Crippen LogP) is 6.83. The first-order valence-corrected chi connectivity index (χ1v) is 10.0. The Hall–Kier alpha value is -2.54. The van der Waals surface area contributed by atoms with Crippen molar-refractivity contribution in [2.24, 2.45) is 0 Å². The minimum absolute atomic E-state index is 0.210.